The highest BCUT2D eigenvalue weighted by atomic mass is 16.5. The molecule has 2 N–H and O–H groups in total. The van der Waals surface area contributed by atoms with Crippen molar-refractivity contribution in [1.29, 1.82) is 0 Å². The number of nitrogens with zero attached hydrogens (tertiary/aromatic N) is 1. The third-order valence-electron chi connectivity index (χ3n) is 4.59. The average Bonchev–Trinajstić information content (AvgIpc) is 2.97. The highest BCUT2D eigenvalue weighted by Crippen LogP contribution is 2.39. The molecule has 0 saturated carbocycles. The number of carboxylic acid groups (broad SMARTS) is 1. The number of hydrogen-bond donors (Lipinski definition) is 2. The van der Waals surface area contributed by atoms with E-state index >= 15 is 0 Å². The summed E-state index contributed by atoms with van der Waals surface area (Å²) in [6.45, 7) is -0.151. The number of rotatable bonds is 6. The lowest BCUT2D eigenvalue weighted by molar-refractivity contribution is -0.142. The number of aliphatic hydroxyl groups is 1. The molecule has 2 aromatic rings. The molecule has 7 nitrogen and oxygen atoms in total. The van der Waals surface area contributed by atoms with Crippen molar-refractivity contribution >= 4 is 23.4 Å². The third kappa shape index (κ3) is 3.59. The Hall–Kier alpha value is -3.61. The smallest absolute Gasteiger partial charge is 0.305 e. The summed E-state index contributed by atoms with van der Waals surface area (Å²) in [5.74, 6) is -2.46. The zero-order valence-electron chi connectivity index (χ0n) is 15.2. The summed E-state index contributed by atoms with van der Waals surface area (Å²) in [4.78, 5) is 37.5. The highest BCUT2D eigenvalue weighted by Gasteiger charge is 2.46. The zero-order chi connectivity index (χ0) is 20.3. The summed E-state index contributed by atoms with van der Waals surface area (Å²) >= 11 is 0. The van der Waals surface area contributed by atoms with Crippen molar-refractivity contribution in [3.8, 4) is 5.75 Å². The summed E-state index contributed by atoms with van der Waals surface area (Å²) in [7, 11) is 1.52. The van der Waals surface area contributed by atoms with Gasteiger partial charge in [-0.15, -0.1) is 0 Å². The molecule has 0 spiro atoms. The Morgan fingerprint density at radius 1 is 1.04 bits per heavy atom. The van der Waals surface area contributed by atoms with Gasteiger partial charge in [0.2, 0.25) is 0 Å². The fourth-order valence-electron chi connectivity index (χ4n) is 3.21. The van der Waals surface area contributed by atoms with E-state index in [4.69, 9.17) is 9.84 Å². The largest absolute Gasteiger partial charge is 0.507 e. The molecule has 1 aliphatic rings. The molecular weight excluding hydrogens is 362 g/mol. The van der Waals surface area contributed by atoms with Crippen LogP contribution in [0.4, 0.5) is 0 Å². The molecule has 1 saturated heterocycles. The molecule has 28 heavy (non-hydrogen) atoms. The number of hydrogen-bond acceptors (Lipinski definition) is 5. The molecule has 0 aliphatic carbocycles. The van der Waals surface area contributed by atoms with Gasteiger partial charge in [-0.3, -0.25) is 14.4 Å². The number of methoxy groups -OCH3 is 1. The normalized spacial score (nSPS) is 18.3. The number of aliphatic hydroxyl groups excluding tert-OH is 1. The number of likely N-dealkylation sites (tertiary alicyclic amines) is 1. The van der Waals surface area contributed by atoms with Crippen molar-refractivity contribution in [3.05, 3.63) is 71.3 Å². The molecule has 0 bridgehead atoms. The Kier molecular flexibility index (Phi) is 5.44. The first-order valence-corrected chi connectivity index (χ1v) is 8.63. The van der Waals surface area contributed by atoms with Crippen LogP contribution >= 0.6 is 0 Å². The fourth-order valence-corrected chi connectivity index (χ4v) is 3.21. The minimum absolute atomic E-state index is 0.0632. The van der Waals surface area contributed by atoms with Gasteiger partial charge in [0.25, 0.3) is 11.7 Å². The van der Waals surface area contributed by atoms with Crippen LogP contribution in [0.15, 0.2) is 60.2 Å². The van der Waals surface area contributed by atoms with Crippen molar-refractivity contribution in [2.75, 3.05) is 13.7 Å². The lowest BCUT2D eigenvalue weighted by Gasteiger charge is -2.24. The predicted octanol–water partition coefficient (Wildman–Crippen LogP) is 2.59. The molecule has 7 heteroatoms. The number of Topliss-reactive ketones (excluding diaryl/α,β-unsaturated/α-hetero) is 1. The van der Waals surface area contributed by atoms with E-state index in [2.05, 4.69) is 0 Å². The minimum Gasteiger partial charge on any atom is -0.507 e. The van der Waals surface area contributed by atoms with E-state index in [1.54, 1.807) is 54.6 Å². The summed E-state index contributed by atoms with van der Waals surface area (Å²) < 4.78 is 5.14. The Balaban J connectivity index is 2.13. The average molecular weight is 381 g/mol. The molecule has 1 atom stereocenters. The number of benzene rings is 2. The number of aliphatic carboxylic acids is 1. The van der Waals surface area contributed by atoms with Gasteiger partial charge in [0.1, 0.15) is 11.5 Å². The molecule has 3 rings (SSSR count). The first kappa shape index (κ1) is 19.2. The number of carboxylic acids is 1. The minimum atomic E-state index is -1.08. The maximum atomic E-state index is 12.7. The molecule has 0 aromatic heterocycles. The van der Waals surface area contributed by atoms with E-state index in [0.29, 0.717) is 16.9 Å². The van der Waals surface area contributed by atoms with E-state index in [1.165, 1.54) is 12.0 Å². The van der Waals surface area contributed by atoms with Crippen LogP contribution < -0.4 is 4.74 Å². The number of carbonyl (C=O) groups is 3. The molecule has 1 aliphatic heterocycles. The molecule has 0 unspecified atom stereocenters. The number of ketones is 1. The van der Waals surface area contributed by atoms with Crippen LogP contribution in [-0.4, -0.2) is 46.4 Å². The molecule has 1 amide bonds. The Labute approximate surface area is 161 Å². The number of amides is 1. The quantitative estimate of drug-likeness (QED) is 0.453. The Bertz CT molecular complexity index is 933. The second-order valence-electron chi connectivity index (χ2n) is 6.28. The highest BCUT2D eigenvalue weighted by molar-refractivity contribution is 6.46. The second-order valence-corrected chi connectivity index (χ2v) is 6.28. The predicted molar refractivity (Wildman–Crippen MR) is 101 cm³/mol. The van der Waals surface area contributed by atoms with Crippen LogP contribution in [0, 0.1) is 0 Å². The van der Waals surface area contributed by atoms with E-state index in [9.17, 15) is 19.5 Å². The van der Waals surface area contributed by atoms with E-state index in [-0.39, 0.29) is 24.3 Å². The van der Waals surface area contributed by atoms with Gasteiger partial charge in [0, 0.05) is 12.1 Å². The summed E-state index contributed by atoms with van der Waals surface area (Å²) in [6.07, 6.45) is -0.314. The monoisotopic (exact) mass is 381 g/mol. The standard InChI is InChI=1S/C21H19NO6/c1-28-15-9-7-13(8-10-15)18-17(19(25)14-5-3-2-4-6-14)20(26)21(27)22(18)12-11-16(23)24/h2-10,18,25H,11-12H2,1H3,(H,23,24)/b19-17-/t18-/m1/s1. The van der Waals surface area contributed by atoms with Gasteiger partial charge >= 0.3 is 5.97 Å². The maximum absolute atomic E-state index is 12.7. The van der Waals surface area contributed by atoms with Crippen molar-refractivity contribution < 1.29 is 29.3 Å². The van der Waals surface area contributed by atoms with Crippen LogP contribution in [0.2, 0.25) is 0 Å². The van der Waals surface area contributed by atoms with Crippen LogP contribution in [0.25, 0.3) is 5.76 Å². The van der Waals surface area contributed by atoms with Gasteiger partial charge in [-0.25, -0.2) is 0 Å². The Morgan fingerprint density at radius 3 is 2.25 bits per heavy atom. The van der Waals surface area contributed by atoms with Crippen LogP contribution in [0.1, 0.15) is 23.6 Å². The number of carbonyl (C=O) groups excluding carboxylic acids is 2. The van der Waals surface area contributed by atoms with Gasteiger partial charge < -0.3 is 19.8 Å². The topological polar surface area (TPSA) is 104 Å². The van der Waals surface area contributed by atoms with E-state index < -0.39 is 23.7 Å². The second kappa shape index (κ2) is 7.96. The molecule has 1 heterocycles. The van der Waals surface area contributed by atoms with Gasteiger partial charge in [0.15, 0.2) is 0 Å². The Morgan fingerprint density at radius 2 is 1.68 bits per heavy atom. The molecule has 144 valence electrons. The van der Waals surface area contributed by atoms with Crippen molar-refractivity contribution in [2.45, 2.75) is 12.5 Å². The van der Waals surface area contributed by atoms with Gasteiger partial charge in [-0.2, -0.15) is 0 Å². The zero-order valence-corrected chi connectivity index (χ0v) is 15.2. The first-order chi connectivity index (χ1) is 13.4. The van der Waals surface area contributed by atoms with Crippen LogP contribution in [0.3, 0.4) is 0 Å². The van der Waals surface area contributed by atoms with E-state index in [1.807, 2.05) is 0 Å². The summed E-state index contributed by atoms with van der Waals surface area (Å²) in [5.41, 5.74) is 0.909. The maximum Gasteiger partial charge on any atom is 0.305 e. The van der Waals surface area contributed by atoms with Gasteiger partial charge in [-0.05, 0) is 17.7 Å². The lowest BCUT2D eigenvalue weighted by atomic mass is 9.95. The third-order valence-corrected chi connectivity index (χ3v) is 4.59. The lowest BCUT2D eigenvalue weighted by Crippen LogP contribution is -2.31. The molecular formula is C21H19NO6. The summed E-state index contributed by atoms with van der Waals surface area (Å²) in [6, 6.07) is 14.3. The molecule has 2 aromatic carbocycles. The fraction of sp³-hybridized carbons (Fsp3) is 0.190. The molecule has 0 radical (unpaired) electrons. The molecule has 1 fully saturated rings. The van der Waals surface area contributed by atoms with Gasteiger partial charge in [0.05, 0.1) is 25.1 Å². The van der Waals surface area contributed by atoms with Crippen LogP contribution in [-0.2, 0) is 14.4 Å². The van der Waals surface area contributed by atoms with Crippen molar-refractivity contribution in [2.24, 2.45) is 0 Å². The SMILES string of the molecule is COc1ccc([C@@H]2/C(=C(/O)c3ccccc3)C(=O)C(=O)N2CCC(=O)O)cc1. The van der Waals surface area contributed by atoms with Crippen LogP contribution in [0.5, 0.6) is 5.75 Å². The van der Waals surface area contributed by atoms with Gasteiger partial charge in [-0.1, -0.05) is 42.5 Å². The number of ether oxygens (including phenoxy) is 1. The summed E-state index contributed by atoms with van der Waals surface area (Å²) in [5, 5.41) is 19.8. The first-order valence-electron chi connectivity index (χ1n) is 8.63. The van der Waals surface area contributed by atoms with E-state index in [0.717, 1.165) is 0 Å². The van der Waals surface area contributed by atoms with Crippen molar-refractivity contribution in [1.82, 2.24) is 4.90 Å². The van der Waals surface area contributed by atoms with Crippen molar-refractivity contribution in [3.63, 3.8) is 0 Å².